The van der Waals surface area contributed by atoms with Gasteiger partial charge in [0.05, 0.1) is 11.1 Å². The molecule has 0 bridgehead atoms. The number of carbonyl (C=O) groups is 2. The molecule has 0 spiro atoms. The number of nitrogens with zero attached hydrogens (tertiary/aromatic N) is 4. The van der Waals surface area contributed by atoms with Crippen molar-refractivity contribution in [2.75, 3.05) is 12.3 Å². The molecule has 0 aliphatic heterocycles. The van der Waals surface area contributed by atoms with Crippen molar-refractivity contribution in [2.45, 2.75) is 31.3 Å². The minimum atomic E-state index is -0.264. The Kier molecular flexibility index (Phi) is 4.46. The second-order valence-corrected chi connectivity index (χ2v) is 6.36. The summed E-state index contributed by atoms with van der Waals surface area (Å²) in [6.07, 6.45) is 1.97. The second kappa shape index (κ2) is 6.53. The van der Waals surface area contributed by atoms with Crippen LogP contribution in [0.4, 0.5) is 0 Å². The van der Waals surface area contributed by atoms with Crippen molar-refractivity contribution in [3.05, 3.63) is 22.6 Å². The van der Waals surface area contributed by atoms with E-state index in [0.29, 0.717) is 52.9 Å². The fourth-order valence-electron chi connectivity index (χ4n) is 2.62. The summed E-state index contributed by atoms with van der Waals surface area (Å²) in [7, 11) is 1.76. The Morgan fingerprint density at radius 2 is 2.26 bits per heavy atom. The van der Waals surface area contributed by atoms with Crippen LogP contribution in [-0.2, 0) is 13.5 Å². The van der Waals surface area contributed by atoms with Gasteiger partial charge in [0.25, 0.3) is 5.91 Å². The van der Waals surface area contributed by atoms with Crippen LogP contribution < -0.4 is 5.32 Å². The number of furan rings is 1. The van der Waals surface area contributed by atoms with Crippen LogP contribution >= 0.6 is 11.8 Å². The van der Waals surface area contributed by atoms with E-state index in [9.17, 15) is 9.59 Å². The molecule has 1 amide bonds. The minimum absolute atomic E-state index is 0.00668. The summed E-state index contributed by atoms with van der Waals surface area (Å²) in [6, 6.07) is 0. The minimum Gasteiger partial charge on any atom is -0.465 e. The number of hydrogen-bond donors (Lipinski definition) is 1. The van der Waals surface area contributed by atoms with E-state index < -0.39 is 0 Å². The average Bonchev–Trinajstić information content (AvgIpc) is 3.07. The molecule has 2 aromatic heterocycles. The number of ketones is 1. The molecule has 23 heavy (non-hydrogen) atoms. The van der Waals surface area contributed by atoms with Gasteiger partial charge in [0.15, 0.2) is 5.78 Å². The van der Waals surface area contributed by atoms with E-state index in [0.717, 1.165) is 6.42 Å². The number of thioether (sulfide) groups is 1. The first-order valence-corrected chi connectivity index (χ1v) is 8.35. The molecule has 0 fully saturated rings. The van der Waals surface area contributed by atoms with Crippen LogP contribution in [0, 0.1) is 6.92 Å². The third-order valence-corrected chi connectivity index (χ3v) is 4.68. The normalized spacial score (nSPS) is 13.9. The monoisotopic (exact) mass is 335 g/mol. The number of aromatic nitrogens is 4. The lowest BCUT2D eigenvalue weighted by atomic mass is 9.93. The number of nitrogens with one attached hydrogen (secondary N) is 1. The second-order valence-electron chi connectivity index (χ2n) is 5.30. The molecule has 1 N–H and O–H groups in total. The Bertz CT molecular complexity index is 752. The van der Waals surface area contributed by atoms with E-state index in [4.69, 9.17) is 4.42 Å². The van der Waals surface area contributed by atoms with Crippen LogP contribution in [0.2, 0.25) is 0 Å². The molecule has 0 saturated heterocycles. The number of rotatable bonds is 5. The highest BCUT2D eigenvalue weighted by Crippen LogP contribution is 2.29. The number of aryl methyl sites for hydroxylation is 3. The van der Waals surface area contributed by atoms with Gasteiger partial charge in [-0.1, -0.05) is 11.8 Å². The van der Waals surface area contributed by atoms with E-state index in [2.05, 4.69) is 20.8 Å². The highest BCUT2D eigenvalue weighted by atomic mass is 32.2. The Morgan fingerprint density at radius 1 is 1.43 bits per heavy atom. The maximum absolute atomic E-state index is 12.4. The van der Waals surface area contributed by atoms with E-state index in [1.54, 1.807) is 18.7 Å². The molecule has 1 aliphatic rings. The first-order valence-electron chi connectivity index (χ1n) is 7.36. The number of Topliss-reactive ketones (excluding diaryl/α,β-unsaturated/α-hetero) is 1. The summed E-state index contributed by atoms with van der Waals surface area (Å²) < 4.78 is 7.16. The maximum Gasteiger partial charge on any atom is 0.255 e. The van der Waals surface area contributed by atoms with Gasteiger partial charge >= 0.3 is 0 Å². The third kappa shape index (κ3) is 3.14. The van der Waals surface area contributed by atoms with Crippen LogP contribution in [-0.4, -0.2) is 44.2 Å². The molecular weight excluding hydrogens is 318 g/mol. The van der Waals surface area contributed by atoms with Crippen molar-refractivity contribution in [3.63, 3.8) is 0 Å². The topological polar surface area (TPSA) is 103 Å². The number of hydrogen-bond acceptors (Lipinski definition) is 7. The van der Waals surface area contributed by atoms with Crippen molar-refractivity contribution >= 4 is 23.5 Å². The quantitative estimate of drug-likeness (QED) is 0.646. The predicted molar refractivity (Wildman–Crippen MR) is 82.6 cm³/mol. The fraction of sp³-hybridized carbons (Fsp3) is 0.500. The molecular formula is C14H17N5O3S. The van der Waals surface area contributed by atoms with Gasteiger partial charge in [-0.3, -0.25) is 9.59 Å². The van der Waals surface area contributed by atoms with Crippen molar-refractivity contribution in [1.29, 1.82) is 0 Å². The van der Waals surface area contributed by atoms with Gasteiger partial charge in [-0.15, -0.1) is 5.10 Å². The molecule has 8 nitrogen and oxygen atoms in total. The molecule has 0 saturated carbocycles. The molecule has 2 aromatic rings. The van der Waals surface area contributed by atoms with Gasteiger partial charge in [-0.2, -0.15) is 0 Å². The maximum atomic E-state index is 12.4. The SMILES string of the molecule is Cc1oc2c(c1C(=O)NCCSc1nnnn1C)C(=O)CCC2. The summed E-state index contributed by atoms with van der Waals surface area (Å²) in [4.78, 5) is 24.5. The molecule has 0 aromatic carbocycles. The van der Waals surface area contributed by atoms with Crippen LogP contribution in [0.25, 0.3) is 0 Å². The van der Waals surface area contributed by atoms with Crippen molar-refractivity contribution in [2.24, 2.45) is 7.05 Å². The molecule has 1 aliphatic carbocycles. The fourth-order valence-corrected chi connectivity index (χ4v) is 3.32. The van der Waals surface area contributed by atoms with Gasteiger partial charge in [0.1, 0.15) is 11.5 Å². The summed E-state index contributed by atoms with van der Waals surface area (Å²) >= 11 is 1.45. The van der Waals surface area contributed by atoms with Gasteiger partial charge in [0.2, 0.25) is 5.16 Å². The molecule has 0 radical (unpaired) electrons. The van der Waals surface area contributed by atoms with Crippen LogP contribution in [0.5, 0.6) is 0 Å². The summed E-state index contributed by atoms with van der Waals surface area (Å²) in [5.74, 6) is 1.51. The lowest BCUT2D eigenvalue weighted by molar-refractivity contribution is 0.0929. The Balaban J connectivity index is 1.62. The van der Waals surface area contributed by atoms with Crippen LogP contribution in [0.1, 0.15) is 45.1 Å². The first kappa shape index (κ1) is 15.7. The highest BCUT2D eigenvalue weighted by molar-refractivity contribution is 7.99. The first-order chi connectivity index (χ1) is 11.1. The van der Waals surface area contributed by atoms with E-state index in [1.165, 1.54) is 11.8 Å². The van der Waals surface area contributed by atoms with Crippen LogP contribution in [0.15, 0.2) is 9.57 Å². The lowest BCUT2D eigenvalue weighted by Gasteiger charge is -2.10. The van der Waals surface area contributed by atoms with E-state index >= 15 is 0 Å². The molecule has 122 valence electrons. The molecule has 2 heterocycles. The van der Waals surface area contributed by atoms with Crippen molar-refractivity contribution in [1.82, 2.24) is 25.5 Å². The predicted octanol–water partition coefficient (Wildman–Crippen LogP) is 1.15. The lowest BCUT2D eigenvalue weighted by Crippen LogP contribution is -2.28. The van der Waals surface area contributed by atoms with Gasteiger partial charge in [-0.25, -0.2) is 4.68 Å². The molecule has 0 unspecified atom stereocenters. The number of carbonyl (C=O) groups excluding carboxylic acids is 2. The van der Waals surface area contributed by atoms with E-state index in [1.807, 2.05) is 0 Å². The van der Waals surface area contributed by atoms with Crippen LogP contribution in [0.3, 0.4) is 0 Å². The molecule has 3 rings (SSSR count). The average molecular weight is 335 g/mol. The molecule has 9 heteroatoms. The zero-order chi connectivity index (χ0) is 16.4. The smallest absolute Gasteiger partial charge is 0.255 e. The van der Waals surface area contributed by atoms with Crippen molar-refractivity contribution in [3.8, 4) is 0 Å². The van der Waals surface area contributed by atoms with E-state index in [-0.39, 0.29) is 11.7 Å². The Labute approximate surface area is 137 Å². The van der Waals surface area contributed by atoms with Gasteiger partial charge in [0, 0.05) is 32.2 Å². The van der Waals surface area contributed by atoms with Gasteiger partial charge < -0.3 is 9.73 Å². The number of fused-ring (bicyclic) bond motifs is 1. The standard InChI is InChI=1S/C14H17N5O3S/c1-8-11(12-9(20)4-3-5-10(12)22-8)13(21)15-6-7-23-14-16-17-18-19(14)2/h3-7H2,1-2H3,(H,15,21). The number of tetrazole rings is 1. The largest absolute Gasteiger partial charge is 0.465 e. The highest BCUT2D eigenvalue weighted by Gasteiger charge is 2.30. The van der Waals surface area contributed by atoms with Gasteiger partial charge in [-0.05, 0) is 23.8 Å². The number of amides is 1. The Morgan fingerprint density at radius 3 is 3.00 bits per heavy atom. The van der Waals surface area contributed by atoms with Crippen molar-refractivity contribution < 1.29 is 14.0 Å². The zero-order valence-electron chi connectivity index (χ0n) is 13.0. The summed E-state index contributed by atoms with van der Waals surface area (Å²) in [5.41, 5.74) is 0.853. The summed E-state index contributed by atoms with van der Waals surface area (Å²) in [5, 5.41) is 14.7. The molecule has 0 atom stereocenters. The zero-order valence-corrected chi connectivity index (χ0v) is 13.8. The Hall–Kier alpha value is -2.16. The third-order valence-electron chi connectivity index (χ3n) is 3.67. The summed E-state index contributed by atoms with van der Waals surface area (Å²) in [6.45, 7) is 2.17.